The van der Waals surface area contributed by atoms with Crippen molar-refractivity contribution in [2.24, 2.45) is 0 Å². The molecule has 0 radical (unpaired) electrons. The molecule has 1 aromatic rings. The molecule has 0 spiro atoms. The van der Waals surface area contributed by atoms with Gasteiger partial charge in [-0.2, -0.15) is 0 Å². The van der Waals surface area contributed by atoms with Gasteiger partial charge in [0.25, 0.3) is 0 Å². The van der Waals surface area contributed by atoms with Gasteiger partial charge >= 0.3 is 5.97 Å². The second-order valence-electron chi connectivity index (χ2n) is 2.05. The first-order valence-electron chi connectivity index (χ1n) is 2.90. The molecular weight excluding hydrogens is 356 g/mol. The third-order valence-electron chi connectivity index (χ3n) is 1.22. The third kappa shape index (κ3) is 2.08. The zero-order chi connectivity index (χ0) is 9.30. The van der Waals surface area contributed by atoms with Gasteiger partial charge in [0, 0.05) is 13.4 Å². The van der Waals surface area contributed by atoms with Crippen LogP contribution in [-0.2, 0) is 0 Å². The molecule has 0 bridgehead atoms. The van der Waals surface area contributed by atoms with Crippen molar-refractivity contribution >= 4 is 53.8 Å². The van der Waals surface area contributed by atoms with Crippen molar-refractivity contribution in [3.8, 4) is 0 Å². The summed E-state index contributed by atoms with van der Waals surface area (Å²) < 4.78 is 1.93. The van der Waals surface area contributed by atoms with Crippen LogP contribution in [0.25, 0.3) is 0 Å². The summed E-state index contributed by atoms with van der Waals surface area (Å²) in [4.78, 5) is 10.7. The summed E-state index contributed by atoms with van der Waals surface area (Å²) in [5.41, 5.74) is 0.234. The molecule has 0 amide bonds. The minimum Gasteiger partial charge on any atom is -0.478 e. The molecule has 0 aliphatic rings. The molecule has 0 heterocycles. The first-order valence-corrected chi connectivity index (χ1v) is 5.28. The van der Waals surface area contributed by atoms with Crippen molar-refractivity contribution in [1.82, 2.24) is 0 Å². The van der Waals surface area contributed by atoms with E-state index in [2.05, 4.69) is 47.8 Å². The molecule has 12 heavy (non-hydrogen) atoms. The molecule has 1 N–H and O–H groups in total. The summed E-state index contributed by atoms with van der Waals surface area (Å²) in [6.45, 7) is 0. The Morgan fingerprint density at radius 1 is 1.17 bits per heavy atom. The monoisotopic (exact) mass is 356 g/mol. The largest absolute Gasteiger partial charge is 0.478 e. The summed E-state index contributed by atoms with van der Waals surface area (Å²) >= 11 is 9.56. The molecule has 1 aromatic carbocycles. The van der Waals surface area contributed by atoms with Crippen LogP contribution in [-0.4, -0.2) is 11.1 Å². The fraction of sp³-hybridized carbons (Fsp3) is 0. The molecule has 0 fully saturated rings. The van der Waals surface area contributed by atoms with E-state index in [9.17, 15) is 4.79 Å². The van der Waals surface area contributed by atoms with Gasteiger partial charge in [-0.05, 0) is 44.0 Å². The number of carboxylic acid groups (broad SMARTS) is 1. The van der Waals surface area contributed by atoms with Crippen LogP contribution in [0, 0.1) is 0 Å². The predicted molar refractivity (Wildman–Crippen MR) is 56.5 cm³/mol. The van der Waals surface area contributed by atoms with Gasteiger partial charge in [0.1, 0.15) is 0 Å². The topological polar surface area (TPSA) is 37.3 Å². The van der Waals surface area contributed by atoms with Crippen molar-refractivity contribution in [2.45, 2.75) is 0 Å². The van der Waals surface area contributed by atoms with Crippen LogP contribution in [0.5, 0.6) is 0 Å². The van der Waals surface area contributed by atoms with Crippen LogP contribution in [0.2, 0.25) is 0 Å². The molecule has 5 heteroatoms. The first-order chi connectivity index (χ1) is 5.52. The van der Waals surface area contributed by atoms with Gasteiger partial charge in [-0.25, -0.2) is 4.79 Å². The highest BCUT2D eigenvalue weighted by molar-refractivity contribution is 9.11. The summed E-state index contributed by atoms with van der Waals surface area (Å²) in [5, 5.41) is 8.76. The van der Waals surface area contributed by atoms with Crippen molar-refractivity contribution in [2.75, 3.05) is 0 Å². The summed E-state index contributed by atoms with van der Waals surface area (Å²) in [5.74, 6) is -0.957. The minimum absolute atomic E-state index is 0.234. The maximum atomic E-state index is 10.7. The first kappa shape index (κ1) is 10.2. The normalized spacial score (nSPS) is 9.92. The minimum atomic E-state index is -0.957. The van der Waals surface area contributed by atoms with Gasteiger partial charge in [-0.3, -0.25) is 0 Å². The Balaban J connectivity index is 3.38. The SMILES string of the molecule is O=C(O)c1c(Br)cc(Br)cc1Br. The van der Waals surface area contributed by atoms with Crippen molar-refractivity contribution in [1.29, 1.82) is 0 Å². The summed E-state index contributed by atoms with van der Waals surface area (Å²) in [6, 6.07) is 3.38. The lowest BCUT2D eigenvalue weighted by Gasteiger charge is -2.02. The number of aromatic carboxylic acids is 1. The van der Waals surface area contributed by atoms with Gasteiger partial charge < -0.3 is 5.11 Å². The standard InChI is InChI=1S/C7H3Br3O2/c8-3-1-4(9)6(7(11)12)5(10)2-3/h1-2H,(H,11,12). The van der Waals surface area contributed by atoms with Crippen LogP contribution in [0.15, 0.2) is 25.6 Å². The third-order valence-corrected chi connectivity index (χ3v) is 2.93. The van der Waals surface area contributed by atoms with E-state index >= 15 is 0 Å². The van der Waals surface area contributed by atoms with Crippen molar-refractivity contribution in [3.63, 3.8) is 0 Å². The van der Waals surface area contributed by atoms with Crippen molar-refractivity contribution in [3.05, 3.63) is 31.1 Å². The van der Waals surface area contributed by atoms with Crippen LogP contribution >= 0.6 is 47.8 Å². The summed E-state index contributed by atoms with van der Waals surface area (Å²) in [6.07, 6.45) is 0. The van der Waals surface area contributed by atoms with E-state index in [1.54, 1.807) is 12.1 Å². The summed E-state index contributed by atoms with van der Waals surface area (Å²) in [7, 11) is 0. The Kier molecular flexibility index (Phi) is 3.31. The number of hydrogen-bond donors (Lipinski definition) is 1. The van der Waals surface area contributed by atoms with Gasteiger partial charge in [-0.1, -0.05) is 15.9 Å². The Hall–Kier alpha value is 0.130. The highest BCUT2D eigenvalue weighted by Gasteiger charge is 2.12. The van der Waals surface area contributed by atoms with Crippen LogP contribution in [0.1, 0.15) is 10.4 Å². The van der Waals surface area contributed by atoms with E-state index in [-0.39, 0.29) is 5.56 Å². The average Bonchev–Trinajstić information content (AvgIpc) is 1.82. The molecular formula is C7H3Br3O2. The highest BCUT2D eigenvalue weighted by atomic mass is 79.9. The van der Waals surface area contributed by atoms with E-state index in [0.29, 0.717) is 8.95 Å². The maximum Gasteiger partial charge on any atom is 0.337 e. The molecule has 0 unspecified atom stereocenters. The van der Waals surface area contributed by atoms with E-state index in [1.807, 2.05) is 0 Å². The second kappa shape index (κ2) is 3.89. The maximum absolute atomic E-state index is 10.7. The lowest BCUT2D eigenvalue weighted by atomic mass is 10.2. The smallest absolute Gasteiger partial charge is 0.337 e. The van der Waals surface area contributed by atoms with E-state index in [0.717, 1.165) is 4.47 Å². The van der Waals surface area contributed by atoms with Gasteiger partial charge in [0.2, 0.25) is 0 Å². The Labute approximate surface area is 94.4 Å². The fourth-order valence-corrected chi connectivity index (χ4v) is 3.34. The van der Waals surface area contributed by atoms with E-state index < -0.39 is 5.97 Å². The lowest BCUT2D eigenvalue weighted by molar-refractivity contribution is 0.0695. The van der Waals surface area contributed by atoms with E-state index in [4.69, 9.17) is 5.11 Å². The van der Waals surface area contributed by atoms with Gasteiger partial charge in [0.15, 0.2) is 0 Å². The Morgan fingerprint density at radius 2 is 1.58 bits per heavy atom. The number of carboxylic acids is 1. The molecule has 1 rings (SSSR count). The van der Waals surface area contributed by atoms with Crippen LogP contribution in [0.4, 0.5) is 0 Å². The molecule has 64 valence electrons. The predicted octanol–water partition coefficient (Wildman–Crippen LogP) is 3.67. The van der Waals surface area contributed by atoms with Crippen molar-refractivity contribution < 1.29 is 9.90 Å². The van der Waals surface area contributed by atoms with E-state index in [1.165, 1.54) is 0 Å². The van der Waals surface area contributed by atoms with Crippen LogP contribution in [0.3, 0.4) is 0 Å². The fourth-order valence-electron chi connectivity index (χ4n) is 0.747. The van der Waals surface area contributed by atoms with Gasteiger partial charge in [0.05, 0.1) is 5.56 Å². The second-order valence-corrected chi connectivity index (χ2v) is 4.67. The molecule has 0 atom stereocenters. The zero-order valence-corrected chi connectivity index (χ0v) is 10.4. The number of carbonyl (C=O) groups is 1. The number of rotatable bonds is 1. The Morgan fingerprint density at radius 3 is 1.92 bits per heavy atom. The average molecular weight is 359 g/mol. The molecule has 0 aliphatic carbocycles. The lowest BCUT2D eigenvalue weighted by Crippen LogP contribution is -1.98. The quantitative estimate of drug-likeness (QED) is 0.831. The van der Waals surface area contributed by atoms with Gasteiger partial charge in [-0.15, -0.1) is 0 Å². The molecule has 0 saturated carbocycles. The Bertz CT molecular complexity index is 312. The number of hydrogen-bond acceptors (Lipinski definition) is 1. The highest BCUT2D eigenvalue weighted by Crippen LogP contribution is 2.29. The molecule has 0 saturated heterocycles. The van der Waals surface area contributed by atoms with Crippen LogP contribution < -0.4 is 0 Å². The molecule has 0 aromatic heterocycles. The molecule has 0 aliphatic heterocycles. The number of benzene rings is 1. The molecule has 2 nitrogen and oxygen atoms in total. The number of halogens is 3. The zero-order valence-electron chi connectivity index (χ0n) is 5.64.